The molecule has 0 aliphatic rings. The molecule has 1 N–H and O–H groups in total. The fraction of sp³-hybridized carbons (Fsp3) is 0.348. The number of hydrogen-bond acceptors (Lipinski definition) is 5. The van der Waals surface area contributed by atoms with E-state index in [9.17, 15) is 4.79 Å². The van der Waals surface area contributed by atoms with Gasteiger partial charge in [0.25, 0.3) is 0 Å². The third kappa shape index (κ3) is 6.45. The van der Waals surface area contributed by atoms with Crippen molar-refractivity contribution in [2.45, 2.75) is 26.8 Å². The second-order valence-electron chi connectivity index (χ2n) is 6.28. The fourth-order valence-corrected chi connectivity index (χ4v) is 2.78. The highest BCUT2D eigenvalue weighted by Gasteiger charge is 2.12. The Balaban J connectivity index is 2.08. The third-order valence-corrected chi connectivity index (χ3v) is 4.23. The van der Waals surface area contributed by atoms with Crippen LogP contribution in [0, 0.1) is 0 Å². The van der Waals surface area contributed by atoms with E-state index in [0.29, 0.717) is 36.2 Å². The molecule has 1 atom stereocenters. The predicted molar refractivity (Wildman–Crippen MR) is 114 cm³/mol. The van der Waals surface area contributed by atoms with Gasteiger partial charge in [-0.3, -0.25) is 4.79 Å². The lowest BCUT2D eigenvalue weighted by atomic mass is 10.1. The van der Waals surface area contributed by atoms with Gasteiger partial charge in [-0.1, -0.05) is 6.07 Å². The quantitative estimate of drug-likeness (QED) is 0.600. The minimum atomic E-state index is -0.203. The maximum absolute atomic E-state index is 12.4. The number of carbonyl (C=O) groups excluding carboxylic acids is 1. The van der Waals surface area contributed by atoms with Crippen molar-refractivity contribution in [2.75, 3.05) is 27.4 Å². The summed E-state index contributed by atoms with van der Waals surface area (Å²) in [4.78, 5) is 12.4. The molecule has 6 heteroatoms. The molecule has 2 aromatic carbocycles. The van der Waals surface area contributed by atoms with Crippen LogP contribution in [0.5, 0.6) is 23.0 Å². The molecule has 0 saturated carbocycles. The van der Waals surface area contributed by atoms with Crippen molar-refractivity contribution in [3.63, 3.8) is 0 Å². The van der Waals surface area contributed by atoms with Crippen molar-refractivity contribution in [1.82, 2.24) is 5.32 Å². The molecule has 0 aliphatic heterocycles. The molecular formula is C23H29NO5. The molecule has 0 aromatic heterocycles. The van der Waals surface area contributed by atoms with Gasteiger partial charge in [-0.25, -0.2) is 0 Å². The number of nitrogens with one attached hydrogen (secondary N) is 1. The van der Waals surface area contributed by atoms with Crippen molar-refractivity contribution in [3.8, 4) is 23.0 Å². The van der Waals surface area contributed by atoms with Crippen molar-refractivity contribution in [1.29, 1.82) is 0 Å². The van der Waals surface area contributed by atoms with Gasteiger partial charge in [0.05, 0.1) is 33.5 Å². The Kier molecular flexibility index (Phi) is 8.40. The number of methoxy groups -OCH3 is 2. The molecule has 0 spiro atoms. The maximum Gasteiger partial charge on any atom is 0.244 e. The number of ether oxygens (including phenoxy) is 4. The molecular weight excluding hydrogens is 370 g/mol. The van der Waals surface area contributed by atoms with Crippen molar-refractivity contribution in [2.24, 2.45) is 0 Å². The van der Waals surface area contributed by atoms with Gasteiger partial charge in [-0.2, -0.15) is 0 Å². The van der Waals surface area contributed by atoms with E-state index in [-0.39, 0.29) is 11.9 Å². The first-order valence-corrected chi connectivity index (χ1v) is 9.61. The average molecular weight is 399 g/mol. The third-order valence-electron chi connectivity index (χ3n) is 4.23. The first kappa shape index (κ1) is 22.1. The summed E-state index contributed by atoms with van der Waals surface area (Å²) in [6.07, 6.45) is 3.21. The Hall–Kier alpha value is -3.15. The minimum absolute atomic E-state index is 0.193. The fourth-order valence-electron chi connectivity index (χ4n) is 2.78. The Morgan fingerprint density at radius 1 is 0.966 bits per heavy atom. The van der Waals surface area contributed by atoms with E-state index in [1.807, 2.05) is 51.1 Å². The van der Waals surface area contributed by atoms with Gasteiger partial charge >= 0.3 is 0 Å². The molecule has 29 heavy (non-hydrogen) atoms. The lowest BCUT2D eigenvalue weighted by Crippen LogP contribution is -2.24. The van der Waals surface area contributed by atoms with Crippen LogP contribution in [-0.4, -0.2) is 33.3 Å². The maximum atomic E-state index is 12.4. The first-order valence-electron chi connectivity index (χ1n) is 9.61. The standard InChI is InChI=1S/C23H29NO5/c1-6-28-21-10-9-18(14-22(21)29-7-2)16(3)24-23(25)11-8-17-12-19(26-4)15-20(13-17)27-5/h8-16H,6-7H2,1-5H3,(H,24,25)/b11-8+. The highest BCUT2D eigenvalue weighted by Crippen LogP contribution is 2.30. The summed E-state index contributed by atoms with van der Waals surface area (Å²) in [7, 11) is 3.17. The lowest BCUT2D eigenvalue weighted by molar-refractivity contribution is -0.117. The van der Waals surface area contributed by atoms with Crippen LogP contribution in [0.25, 0.3) is 6.08 Å². The van der Waals surface area contributed by atoms with Crippen LogP contribution in [0.4, 0.5) is 0 Å². The SMILES string of the molecule is CCOc1ccc(C(C)NC(=O)/C=C/c2cc(OC)cc(OC)c2)cc1OCC. The van der Waals surface area contributed by atoms with Crippen LogP contribution in [-0.2, 0) is 4.79 Å². The number of hydrogen-bond donors (Lipinski definition) is 1. The molecule has 2 rings (SSSR count). The number of carbonyl (C=O) groups is 1. The first-order chi connectivity index (χ1) is 14.0. The van der Waals surface area contributed by atoms with Crippen LogP contribution >= 0.6 is 0 Å². The molecule has 0 saturated heterocycles. The lowest BCUT2D eigenvalue weighted by Gasteiger charge is -2.17. The van der Waals surface area contributed by atoms with Crippen LogP contribution in [0.1, 0.15) is 37.9 Å². The topological polar surface area (TPSA) is 66.0 Å². The van der Waals surface area contributed by atoms with Gasteiger partial charge in [0, 0.05) is 12.1 Å². The summed E-state index contributed by atoms with van der Waals surface area (Å²) >= 11 is 0. The largest absolute Gasteiger partial charge is 0.497 e. The van der Waals surface area contributed by atoms with E-state index in [1.165, 1.54) is 6.08 Å². The van der Waals surface area contributed by atoms with Gasteiger partial charge in [0.2, 0.25) is 5.91 Å². The van der Waals surface area contributed by atoms with Gasteiger partial charge < -0.3 is 24.3 Å². The molecule has 1 amide bonds. The zero-order valence-corrected chi connectivity index (χ0v) is 17.7. The van der Waals surface area contributed by atoms with Crippen molar-refractivity contribution >= 4 is 12.0 Å². The second-order valence-corrected chi connectivity index (χ2v) is 6.28. The molecule has 2 aromatic rings. The number of amides is 1. The van der Waals surface area contributed by atoms with E-state index in [4.69, 9.17) is 18.9 Å². The Morgan fingerprint density at radius 3 is 2.17 bits per heavy atom. The van der Waals surface area contributed by atoms with Crippen LogP contribution < -0.4 is 24.3 Å². The Labute approximate surface area is 172 Å². The molecule has 1 unspecified atom stereocenters. The van der Waals surface area contributed by atoms with Crippen molar-refractivity contribution in [3.05, 3.63) is 53.6 Å². The van der Waals surface area contributed by atoms with Crippen LogP contribution in [0.2, 0.25) is 0 Å². The second kappa shape index (κ2) is 11.0. The van der Waals surface area contributed by atoms with E-state index >= 15 is 0 Å². The van der Waals surface area contributed by atoms with Crippen molar-refractivity contribution < 1.29 is 23.7 Å². The van der Waals surface area contributed by atoms with Gasteiger partial charge in [-0.05, 0) is 62.2 Å². The zero-order valence-electron chi connectivity index (χ0n) is 17.7. The molecule has 0 aliphatic carbocycles. The zero-order chi connectivity index (χ0) is 21.2. The number of benzene rings is 2. The Bertz CT molecular complexity index is 825. The average Bonchev–Trinajstić information content (AvgIpc) is 2.73. The Morgan fingerprint density at radius 2 is 1.59 bits per heavy atom. The summed E-state index contributed by atoms with van der Waals surface area (Å²) in [6, 6.07) is 10.9. The monoisotopic (exact) mass is 399 g/mol. The summed E-state index contributed by atoms with van der Waals surface area (Å²) in [5.41, 5.74) is 1.74. The molecule has 0 radical (unpaired) electrons. The van der Waals surface area contributed by atoms with Gasteiger partial charge in [-0.15, -0.1) is 0 Å². The van der Waals surface area contributed by atoms with Crippen LogP contribution in [0.15, 0.2) is 42.5 Å². The van der Waals surface area contributed by atoms with Crippen LogP contribution in [0.3, 0.4) is 0 Å². The van der Waals surface area contributed by atoms with E-state index in [0.717, 1.165) is 11.1 Å². The molecule has 0 heterocycles. The van der Waals surface area contributed by atoms with E-state index in [2.05, 4.69) is 5.32 Å². The smallest absolute Gasteiger partial charge is 0.244 e. The number of rotatable bonds is 10. The minimum Gasteiger partial charge on any atom is -0.497 e. The van der Waals surface area contributed by atoms with E-state index < -0.39 is 0 Å². The summed E-state index contributed by atoms with van der Waals surface area (Å²) in [5.74, 6) is 2.49. The summed E-state index contributed by atoms with van der Waals surface area (Å²) in [5, 5.41) is 2.96. The summed E-state index contributed by atoms with van der Waals surface area (Å²) in [6.45, 7) is 6.87. The van der Waals surface area contributed by atoms with Gasteiger partial charge in [0.1, 0.15) is 11.5 Å². The van der Waals surface area contributed by atoms with Gasteiger partial charge in [0.15, 0.2) is 11.5 Å². The predicted octanol–water partition coefficient (Wildman–Crippen LogP) is 4.39. The molecule has 6 nitrogen and oxygen atoms in total. The molecule has 156 valence electrons. The highest BCUT2D eigenvalue weighted by molar-refractivity contribution is 5.92. The molecule has 0 bridgehead atoms. The van der Waals surface area contributed by atoms with E-state index in [1.54, 1.807) is 26.4 Å². The highest BCUT2D eigenvalue weighted by atomic mass is 16.5. The molecule has 0 fully saturated rings. The summed E-state index contributed by atoms with van der Waals surface area (Å²) < 4.78 is 21.7. The normalized spacial score (nSPS) is 11.8.